The molecule has 3 aromatic rings. The molecule has 0 aliphatic carbocycles. The zero-order valence-electron chi connectivity index (χ0n) is 15.4. The predicted octanol–water partition coefficient (Wildman–Crippen LogP) is 3.00. The van der Waals surface area contributed by atoms with Crippen LogP contribution in [0.5, 0.6) is 17.2 Å². The summed E-state index contributed by atoms with van der Waals surface area (Å²) in [6.45, 7) is 3.08. The van der Waals surface area contributed by atoms with Crippen molar-refractivity contribution in [2.24, 2.45) is 12.0 Å². The summed E-state index contributed by atoms with van der Waals surface area (Å²) in [5.41, 5.74) is 2.88. The van der Waals surface area contributed by atoms with Crippen LogP contribution in [0.1, 0.15) is 11.1 Å². The Bertz CT molecular complexity index is 1100. The molecule has 0 saturated heterocycles. The summed E-state index contributed by atoms with van der Waals surface area (Å²) in [7, 11) is 3.50. The Kier molecular flexibility index (Phi) is 4.61. The van der Waals surface area contributed by atoms with Gasteiger partial charge in [-0.15, -0.1) is 0 Å². The maximum Gasteiger partial charge on any atom is 0.252 e. The van der Waals surface area contributed by atoms with Crippen molar-refractivity contribution >= 4 is 27.5 Å². The lowest BCUT2D eigenvalue weighted by molar-refractivity contribution is -0.117. The van der Waals surface area contributed by atoms with E-state index in [4.69, 9.17) is 14.2 Å². The van der Waals surface area contributed by atoms with Crippen molar-refractivity contribution in [2.75, 3.05) is 20.3 Å². The van der Waals surface area contributed by atoms with E-state index in [1.165, 1.54) is 11.3 Å². The second-order valence-corrected chi connectivity index (χ2v) is 7.41. The van der Waals surface area contributed by atoms with Crippen molar-refractivity contribution < 1.29 is 19.0 Å². The highest BCUT2D eigenvalue weighted by Gasteiger charge is 2.16. The van der Waals surface area contributed by atoms with Crippen molar-refractivity contribution in [1.82, 2.24) is 4.57 Å². The number of fused-ring (bicyclic) bond motifs is 2. The summed E-state index contributed by atoms with van der Waals surface area (Å²) < 4.78 is 19.5. The van der Waals surface area contributed by atoms with Gasteiger partial charge in [-0.2, -0.15) is 4.99 Å². The Morgan fingerprint density at radius 1 is 1.22 bits per heavy atom. The number of rotatable bonds is 3. The number of benzene rings is 2. The van der Waals surface area contributed by atoms with E-state index in [0.717, 1.165) is 32.8 Å². The molecule has 1 aliphatic heterocycles. The van der Waals surface area contributed by atoms with Gasteiger partial charge in [0.25, 0.3) is 5.91 Å². The molecule has 0 spiro atoms. The molecule has 1 amide bonds. The van der Waals surface area contributed by atoms with Crippen LogP contribution in [0.15, 0.2) is 35.3 Å². The van der Waals surface area contributed by atoms with Gasteiger partial charge in [0.1, 0.15) is 19.0 Å². The number of amides is 1. The quantitative estimate of drug-likeness (QED) is 0.696. The Morgan fingerprint density at radius 3 is 2.70 bits per heavy atom. The second-order valence-electron chi connectivity index (χ2n) is 6.40. The number of aryl methyl sites for hydroxylation is 2. The summed E-state index contributed by atoms with van der Waals surface area (Å²) in [6.07, 6.45) is 0.196. The van der Waals surface area contributed by atoms with Crippen LogP contribution in [0, 0.1) is 6.92 Å². The smallest absolute Gasteiger partial charge is 0.252 e. The van der Waals surface area contributed by atoms with Crippen LogP contribution in [-0.2, 0) is 18.3 Å². The van der Waals surface area contributed by atoms with Gasteiger partial charge >= 0.3 is 0 Å². The van der Waals surface area contributed by atoms with Gasteiger partial charge in [-0.05, 0) is 13.0 Å². The third-order valence-corrected chi connectivity index (χ3v) is 5.57. The van der Waals surface area contributed by atoms with Crippen molar-refractivity contribution in [3.8, 4) is 17.2 Å². The molecule has 4 rings (SSSR count). The molecule has 2 heterocycles. The maximum atomic E-state index is 12.6. The highest BCUT2D eigenvalue weighted by Crippen LogP contribution is 2.35. The normalized spacial score (nSPS) is 13.8. The van der Waals surface area contributed by atoms with Crippen LogP contribution < -0.4 is 19.0 Å². The molecular weight excluding hydrogens is 364 g/mol. The average molecular weight is 384 g/mol. The standard InChI is InChI=1S/C20H20N2O4S/c1-12-4-5-15(24-3)13(8-12)9-19(23)21-20-22(2)14-10-16-17(11-18(14)27-20)26-7-6-25-16/h4-5,8,10-11H,6-7,9H2,1-3H3. The Morgan fingerprint density at radius 2 is 1.96 bits per heavy atom. The van der Waals surface area contributed by atoms with Gasteiger partial charge in [-0.1, -0.05) is 29.0 Å². The topological polar surface area (TPSA) is 62.0 Å². The summed E-state index contributed by atoms with van der Waals surface area (Å²) in [6, 6.07) is 9.68. The molecule has 0 unspecified atom stereocenters. The number of thiazole rings is 1. The van der Waals surface area contributed by atoms with Gasteiger partial charge in [0.15, 0.2) is 16.3 Å². The van der Waals surface area contributed by atoms with Crippen LogP contribution in [0.2, 0.25) is 0 Å². The Hall–Kier alpha value is -2.80. The first-order valence-corrected chi connectivity index (χ1v) is 9.47. The molecule has 1 aliphatic rings. The van der Waals surface area contributed by atoms with Gasteiger partial charge < -0.3 is 18.8 Å². The first-order chi connectivity index (χ1) is 13.0. The number of ether oxygens (including phenoxy) is 3. The van der Waals surface area contributed by atoms with E-state index in [-0.39, 0.29) is 12.3 Å². The fraction of sp³-hybridized carbons (Fsp3) is 0.300. The van der Waals surface area contributed by atoms with E-state index in [1.807, 2.05) is 48.9 Å². The number of aromatic nitrogens is 1. The summed E-state index contributed by atoms with van der Waals surface area (Å²) >= 11 is 1.46. The van der Waals surface area contributed by atoms with Gasteiger partial charge in [0, 0.05) is 24.7 Å². The summed E-state index contributed by atoms with van der Waals surface area (Å²) in [4.78, 5) is 17.5. The largest absolute Gasteiger partial charge is 0.496 e. The monoisotopic (exact) mass is 384 g/mol. The summed E-state index contributed by atoms with van der Waals surface area (Å²) in [5, 5.41) is 0. The minimum Gasteiger partial charge on any atom is -0.496 e. The van der Waals surface area contributed by atoms with E-state index in [0.29, 0.717) is 23.8 Å². The van der Waals surface area contributed by atoms with Crippen LogP contribution in [0.25, 0.3) is 10.2 Å². The minimum absolute atomic E-state index is 0.196. The highest BCUT2D eigenvalue weighted by atomic mass is 32.1. The predicted molar refractivity (Wildman–Crippen MR) is 104 cm³/mol. The number of nitrogens with zero attached hydrogens (tertiary/aromatic N) is 2. The van der Waals surface area contributed by atoms with E-state index in [1.54, 1.807) is 7.11 Å². The summed E-state index contributed by atoms with van der Waals surface area (Å²) in [5.74, 6) is 1.95. The Balaban J connectivity index is 1.69. The van der Waals surface area contributed by atoms with Crippen LogP contribution in [0.4, 0.5) is 0 Å². The molecule has 0 radical (unpaired) electrons. The second kappa shape index (κ2) is 7.08. The molecule has 0 atom stereocenters. The van der Waals surface area contributed by atoms with E-state index >= 15 is 0 Å². The molecule has 7 heteroatoms. The molecule has 0 N–H and O–H groups in total. The average Bonchev–Trinajstić information content (AvgIpc) is 2.95. The Labute approximate surface area is 160 Å². The van der Waals surface area contributed by atoms with Gasteiger partial charge in [-0.25, -0.2) is 0 Å². The van der Waals surface area contributed by atoms with Crippen LogP contribution in [-0.4, -0.2) is 30.8 Å². The molecule has 1 aromatic heterocycles. The van der Waals surface area contributed by atoms with Crippen LogP contribution in [0.3, 0.4) is 0 Å². The first kappa shape index (κ1) is 17.6. The number of hydrogen-bond acceptors (Lipinski definition) is 5. The third-order valence-electron chi connectivity index (χ3n) is 4.47. The molecular formula is C20H20N2O4S. The molecule has 140 valence electrons. The number of carbonyl (C=O) groups excluding carboxylic acids is 1. The van der Waals surface area contributed by atoms with E-state index < -0.39 is 0 Å². The maximum absolute atomic E-state index is 12.6. The van der Waals surface area contributed by atoms with Crippen molar-refractivity contribution in [1.29, 1.82) is 0 Å². The zero-order valence-corrected chi connectivity index (χ0v) is 16.3. The fourth-order valence-electron chi connectivity index (χ4n) is 3.13. The van der Waals surface area contributed by atoms with Crippen molar-refractivity contribution in [3.05, 3.63) is 46.3 Å². The number of hydrogen-bond donors (Lipinski definition) is 0. The van der Waals surface area contributed by atoms with E-state index in [2.05, 4.69) is 4.99 Å². The first-order valence-electron chi connectivity index (χ1n) is 8.65. The number of methoxy groups -OCH3 is 1. The fourth-order valence-corrected chi connectivity index (χ4v) is 4.17. The zero-order chi connectivity index (χ0) is 19.0. The van der Waals surface area contributed by atoms with Crippen molar-refractivity contribution in [3.63, 3.8) is 0 Å². The van der Waals surface area contributed by atoms with Gasteiger partial charge in [-0.3, -0.25) is 4.79 Å². The van der Waals surface area contributed by atoms with Crippen LogP contribution >= 0.6 is 11.3 Å². The minimum atomic E-state index is -0.210. The van der Waals surface area contributed by atoms with Crippen molar-refractivity contribution in [2.45, 2.75) is 13.3 Å². The van der Waals surface area contributed by atoms with E-state index in [9.17, 15) is 4.79 Å². The lowest BCUT2D eigenvalue weighted by atomic mass is 10.1. The molecule has 27 heavy (non-hydrogen) atoms. The molecule has 0 bridgehead atoms. The molecule has 0 fully saturated rings. The highest BCUT2D eigenvalue weighted by molar-refractivity contribution is 7.16. The van der Waals surface area contributed by atoms with Gasteiger partial charge in [0.2, 0.25) is 0 Å². The van der Waals surface area contributed by atoms with Gasteiger partial charge in [0.05, 0.1) is 23.7 Å². The molecule has 2 aromatic carbocycles. The number of carbonyl (C=O) groups is 1. The molecule has 6 nitrogen and oxygen atoms in total. The lowest BCUT2D eigenvalue weighted by Crippen LogP contribution is -2.16. The molecule has 0 saturated carbocycles. The third kappa shape index (κ3) is 3.42. The SMILES string of the molecule is COc1ccc(C)cc1CC(=O)N=c1sc2cc3c(cc2n1C)OCCO3. The lowest BCUT2D eigenvalue weighted by Gasteiger charge is -2.18.